The summed E-state index contributed by atoms with van der Waals surface area (Å²) in [6, 6.07) is 5.89. The molecule has 0 saturated heterocycles. The molecule has 0 fully saturated rings. The number of hydrogen-bond donors (Lipinski definition) is 1. The monoisotopic (exact) mass is 345 g/mol. The molecule has 2 aromatic rings. The van der Waals surface area contributed by atoms with Gasteiger partial charge in [0, 0.05) is 30.1 Å². The van der Waals surface area contributed by atoms with Crippen molar-refractivity contribution in [2.75, 3.05) is 6.54 Å². The summed E-state index contributed by atoms with van der Waals surface area (Å²) in [6.45, 7) is 5.31. The van der Waals surface area contributed by atoms with Crippen molar-refractivity contribution >= 4 is 17.5 Å². The Balaban J connectivity index is 1.60. The minimum atomic E-state index is -0.0537. The number of nitrogens with one attached hydrogen (secondary N) is 1. The first-order valence-corrected chi connectivity index (χ1v) is 8.70. The van der Waals surface area contributed by atoms with Crippen molar-refractivity contribution in [1.29, 1.82) is 0 Å². The maximum Gasteiger partial charge on any atom is 0.274 e. The molecule has 0 radical (unpaired) electrons. The number of benzene rings is 1. The zero-order chi connectivity index (χ0) is 16.8. The number of rotatable bonds is 1. The van der Waals surface area contributed by atoms with Gasteiger partial charge in [-0.25, -0.2) is 0 Å². The summed E-state index contributed by atoms with van der Waals surface area (Å²) < 4.78 is 5.80. The Morgan fingerprint density at radius 3 is 3.04 bits per heavy atom. The van der Waals surface area contributed by atoms with Gasteiger partial charge in [-0.2, -0.15) is 5.10 Å². The van der Waals surface area contributed by atoms with Crippen molar-refractivity contribution in [3.63, 3.8) is 0 Å². The smallest absolute Gasteiger partial charge is 0.274 e. The molecule has 0 saturated carbocycles. The van der Waals surface area contributed by atoms with Crippen LogP contribution in [0.5, 0.6) is 0 Å². The maximum absolute atomic E-state index is 13.0. The van der Waals surface area contributed by atoms with Gasteiger partial charge >= 0.3 is 0 Å². The van der Waals surface area contributed by atoms with Crippen molar-refractivity contribution in [2.24, 2.45) is 0 Å². The third-order valence-corrected chi connectivity index (χ3v) is 5.14. The summed E-state index contributed by atoms with van der Waals surface area (Å²) in [5.41, 5.74) is 4.87. The van der Waals surface area contributed by atoms with E-state index in [1.54, 1.807) is 0 Å². The summed E-state index contributed by atoms with van der Waals surface area (Å²) >= 11 is 6.06. The molecule has 1 N–H and O–H groups in total. The van der Waals surface area contributed by atoms with E-state index >= 15 is 0 Å². The van der Waals surface area contributed by atoms with E-state index in [2.05, 4.69) is 10.2 Å². The van der Waals surface area contributed by atoms with Crippen molar-refractivity contribution in [3.8, 4) is 0 Å². The van der Waals surface area contributed by atoms with E-state index in [-0.39, 0.29) is 18.1 Å². The minimum absolute atomic E-state index is 0.00519. The molecular formula is C18H20ClN3O2. The lowest BCUT2D eigenvalue weighted by molar-refractivity contribution is -0.00702. The third kappa shape index (κ3) is 2.62. The fourth-order valence-electron chi connectivity index (χ4n) is 3.70. The lowest BCUT2D eigenvalue weighted by Crippen LogP contribution is -2.37. The molecule has 0 bridgehead atoms. The number of carbonyl (C=O) groups excluding carboxylic acids is 1. The lowest BCUT2D eigenvalue weighted by atomic mass is 9.97. The van der Waals surface area contributed by atoms with E-state index in [1.807, 2.05) is 36.9 Å². The molecule has 1 amide bonds. The molecule has 4 rings (SSSR count). The maximum atomic E-state index is 13.0. The molecule has 6 heteroatoms. The average molecular weight is 346 g/mol. The normalized spacial score (nSPS) is 22.9. The van der Waals surface area contributed by atoms with Crippen LogP contribution >= 0.6 is 11.6 Å². The number of ether oxygens (including phenoxy) is 1. The van der Waals surface area contributed by atoms with E-state index in [0.29, 0.717) is 18.8 Å². The quantitative estimate of drug-likeness (QED) is 0.862. The summed E-state index contributed by atoms with van der Waals surface area (Å²) in [6.07, 6.45) is 1.59. The Hall–Kier alpha value is -1.85. The van der Waals surface area contributed by atoms with Gasteiger partial charge in [0.25, 0.3) is 5.91 Å². The van der Waals surface area contributed by atoms with Crippen LogP contribution in [0.3, 0.4) is 0 Å². The summed E-state index contributed by atoms with van der Waals surface area (Å²) in [4.78, 5) is 14.9. The molecule has 5 nitrogen and oxygen atoms in total. The fourth-order valence-corrected chi connectivity index (χ4v) is 3.89. The van der Waals surface area contributed by atoms with Crippen LogP contribution in [0, 0.1) is 0 Å². The Bertz CT molecular complexity index is 802. The Morgan fingerprint density at radius 1 is 1.38 bits per heavy atom. The zero-order valence-corrected chi connectivity index (χ0v) is 14.6. The van der Waals surface area contributed by atoms with Gasteiger partial charge in [-0.3, -0.25) is 9.89 Å². The van der Waals surface area contributed by atoms with E-state index < -0.39 is 0 Å². The number of carbonyl (C=O) groups is 1. The molecular weight excluding hydrogens is 326 g/mol. The van der Waals surface area contributed by atoms with Gasteiger partial charge in [0.1, 0.15) is 0 Å². The number of nitrogens with zero attached hydrogens (tertiary/aromatic N) is 2. The number of fused-ring (bicyclic) bond motifs is 2. The van der Waals surface area contributed by atoms with Gasteiger partial charge in [0.05, 0.1) is 17.9 Å². The van der Waals surface area contributed by atoms with Gasteiger partial charge in [-0.1, -0.05) is 17.7 Å². The second kappa shape index (κ2) is 5.90. The first-order chi connectivity index (χ1) is 11.5. The van der Waals surface area contributed by atoms with Crippen molar-refractivity contribution < 1.29 is 9.53 Å². The molecule has 3 heterocycles. The van der Waals surface area contributed by atoms with Crippen molar-refractivity contribution in [2.45, 2.75) is 45.4 Å². The van der Waals surface area contributed by atoms with Crippen LogP contribution in [0.25, 0.3) is 0 Å². The molecule has 2 aliphatic rings. The molecule has 0 spiro atoms. The second-order valence-electron chi connectivity index (χ2n) is 6.65. The van der Waals surface area contributed by atoms with Crippen LogP contribution < -0.4 is 0 Å². The Morgan fingerprint density at radius 2 is 2.21 bits per heavy atom. The topological polar surface area (TPSA) is 58.2 Å². The van der Waals surface area contributed by atoms with Crippen LogP contribution in [-0.2, 0) is 24.1 Å². The highest BCUT2D eigenvalue weighted by Crippen LogP contribution is 2.31. The Labute approximate surface area is 145 Å². The first-order valence-electron chi connectivity index (χ1n) is 8.32. The zero-order valence-electron chi connectivity index (χ0n) is 13.8. The highest BCUT2D eigenvalue weighted by molar-refractivity contribution is 6.30. The van der Waals surface area contributed by atoms with Crippen LogP contribution in [0.4, 0.5) is 0 Å². The lowest BCUT2D eigenvalue weighted by Gasteiger charge is -2.29. The largest absolute Gasteiger partial charge is 0.369 e. The average Bonchev–Trinajstić information content (AvgIpc) is 2.97. The number of aromatic nitrogens is 2. The molecule has 1 aromatic heterocycles. The van der Waals surface area contributed by atoms with Gasteiger partial charge < -0.3 is 9.64 Å². The number of aromatic amines is 1. The van der Waals surface area contributed by atoms with Gasteiger partial charge in [-0.15, -0.1) is 0 Å². The van der Waals surface area contributed by atoms with Crippen molar-refractivity contribution in [3.05, 3.63) is 51.3 Å². The first kappa shape index (κ1) is 15.7. The van der Waals surface area contributed by atoms with Crippen LogP contribution in [-0.4, -0.2) is 33.7 Å². The van der Waals surface area contributed by atoms with E-state index in [1.165, 1.54) is 5.56 Å². The third-order valence-electron chi connectivity index (χ3n) is 4.90. The Kier molecular flexibility index (Phi) is 3.85. The van der Waals surface area contributed by atoms with Crippen LogP contribution in [0.15, 0.2) is 18.2 Å². The van der Waals surface area contributed by atoms with Crippen LogP contribution in [0.1, 0.15) is 52.8 Å². The number of hydrogen-bond acceptors (Lipinski definition) is 3. The minimum Gasteiger partial charge on any atom is -0.369 e. The molecule has 0 unspecified atom stereocenters. The molecule has 24 heavy (non-hydrogen) atoms. The van der Waals surface area contributed by atoms with Gasteiger partial charge in [0.2, 0.25) is 0 Å². The highest BCUT2D eigenvalue weighted by Gasteiger charge is 2.32. The van der Waals surface area contributed by atoms with E-state index in [4.69, 9.17) is 16.3 Å². The second-order valence-corrected chi connectivity index (χ2v) is 7.08. The number of H-pyrrole nitrogens is 1. The van der Waals surface area contributed by atoms with Crippen molar-refractivity contribution in [1.82, 2.24) is 15.1 Å². The highest BCUT2D eigenvalue weighted by atomic mass is 35.5. The van der Waals surface area contributed by atoms with Gasteiger partial charge in [-0.05, 0) is 43.5 Å². The fraction of sp³-hybridized carbons (Fsp3) is 0.444. The van der Waals surface area contributed by atoms with E-state index in [0.717, 1.165) is 34.7 Å². The molecule has 0 aliphatic carbocycles. The molecule has 2 atom stereocenters. The predicted molar refractivity (Wildman–Crippen MR) is 91.2 cm³/mol. The summed E-state index contributed by atoms with van der Waals surface area (Å²) in [5, 5.41) is 8.06. The van der Waals surface area contributed by atoms with Gasteiger partial charge in [0.15, 0.2) is 5.69 Å². The standard InChI is InChI=1S/C18H20ClN3O2/c1-10-7-15-16(11(2)24-10)20-21-17(15)18(23)22-6-5-12-8-14(19)4-3-13(12)9-22/h3-4,8,10-11H,5-7,9H2,1-2H3,(H,20,21)/t10-,11+/m1/s1. The van der Waals surface area contributed by atoms with Crippen LogP contribution in [0.2, 0.25) is 5.02 Å². The molecule has 1 aromatic carbocycles. The number of amides is 1. The summed E-state index contributed by atoms with van der Waals surface area (Å²) in [5.74, 6) is -0.00519. The summed E-state index contributed by atoms with van der Waals surface area (Å²) in [7, 11) is 0. The number of halogens is 1. The SMILES string of the molecule is C[C@@H]1Cc2c(C(=O)N3CCc4cc(Cl)ccc4C3)n[nH]c2[C@H](C)O1. The predicted octanol–water partition coefficient (Wildman–Crippen LogP) is 3.28. The molecule has 2 aliphatic heterocycles. The van der Waals surface area contributed by atoms with E-state index in [9.17, 15) is 4.79 Å². The molecule has 126 valence electrons.